The Morgan fingerprint density at radius 2 is 1.04 bits per heavy atom. The van der Waals surface area contributed by atoms with Crippen LogP contribution >= 0.6 is 78.3 Å². The van der Waals surface area contributed by atoms with E-state index in [1.807, 2.05) is 0 Å². The van der Waals surface area contributed by atoms with Gasteiger partial charge in [0.25, 0.3) is 20.2 Å². The summed E-state index contributed by atoms with van der Waals surface area (Å²) in [4.78, 5) is -1.42. The SMILES string of the molecule is O=S(=O)(O)c1c(Cl)cc(Br)c(Cc2c(Br)cc(Cl)c(S(=O)(=O)O)c2Cl)c1Cl. The summed E-state index contributed by atoms with van der Waals surface area (Å²) < 4.78 is 65.5. The summed E-state index contributed by atoms with van der Waals surface area (Å²) in [6.45, 7) is 0. The highest BCUT2D eigenvalue weighted by molar-refractivity contribution is 9.10. The van der Waals surface area contributed by atoms with E-state index in [9.17, 15) is 25.9 Å². The van der Waals surface area contributed by atoms with E-state index in [4.69, 9.17) is 46.4 Å². The average Bonchev–Trinajstić information content (AvgIpc) is 2.41. The highest BCUT2D eigenvalue weighted by Gasteiger charge is 2.27. The minimum Gasteiger partial charge on any atom is -0.282 e. The predicted molar refractivity (Wildman–Crippen MR) is 111 cm³/mol. The number of hydrogen-bond donors (Lipinski definition) is 2. The second kappa shape index (κ2) is 8.25. The molecule has 0 bridgehead atoms. The Morgan fingerprint density at radius 3 is 1.30 bits per heavy atom. The molecule has 0 aliphatic rings. The van der Waals surface area contributed by atoms with Crippen molar-refractivity contribution in [2.75, 3.05) is 0 Å². The van der Waals surface area contributed by atoms with E-state index < -0.39 is 30.0 Å². The summed E-state index contributed by atoms with van der Waals surface area (Å²) in [6, 6.07) is 2.40. The molecule has 0 unspecified atom stereocenters. The summed E-state index contributed by atoms with van der Waals surface area (Å²) in [5, 5.41) is -1.41. The molecule has 27 heavy (non-hydrogen) atoms. The van der Waals surface area contributed by atoms with Crippen LogP contribution in [0.5, 0.6) is 0 Å². The van der Waals surface area contributed by atoms with Crippen LogP contribution in [0.15, 0.2) is 30.9 Å². The van der Waals surface area contributed by atoms with Gasteiger partial charge >= 0.3 is 0 Å². The van der Waals surface area contributed by atoms with Crippen molar-refractivity contribution in [3.8, 4) is 0 Å². The van der Waals surface area contributed by atoms with E-state index in [0.717, 1.165) is 0 Å². The molecule has 0 saturated heterocycles. The lowest BCUT2D eigenvalue weighted by Gasteiger charge is -2.16. The predicted octanol–water partition coefficient (Wildman–Crippen LogP) is 5.91. The zero-order valence-corrected chi connectivity index (χ0v) is 20.3. The van der Waals surface area contributed by atoms with Crippen molar-refractivity contribution in [1.29, 1.82) is 0 Å². The van der Waals surface area contributed by atoms with Crippen LogP contribution < -0.4 is 0 Å². The van der Waals surface area contributed by atoms with Gasteiger partial charge in [0.1, 0.15) is 9.79 Å². The van der Waals surface area contributed by atoms with Gasteiger partial charge in [0.05, 0.1) is 20.1 Å². The van der Waals surface area contributed by atoms with E-state index in [1.54, 1.807) is 0 Å². The second-order valence-electron chi connectivity index (χ2n) is 5.05. The van der Waals surface area contributed by atoms with Gasteiger partial charge in [-0.15, -0.1) is 0 Å². The normalized spacial score (nSPS) is 12.4. The third kappa shape index (κ3) is 4.93. The molecule has 0 atom stereocenters. The minimum atomic E-state index is -4.74. The topological polar surface area (TPSA) is 109 Å². The van der Waals surface area contributed by atoms with Gasteiger partial charge in [-0.3, -0.25) is 9.11 Å². The quantitative estimate of drug-likeness (QED) is 0.410. The van der Waals surface area contributed by atoms with Crippen LogP contribution in [0.2, 0.25) is 20.1 Å². The van der Waals surface area contributed by atoms with Crippen molar-refractivity contribution in [2.24, 2.45) is 0 Å². The average molecular weight is 624 g/mol. The van der Waals surface area contributed by atoms with Crippen LogP contribution in [-0.4, -0.2) is 25.9 Å². The number of rotatable bonds is 4. The van der Waals surface area contributed by atoms with Crippen LogP contribution in [0.25, 0.3) is 0 Å². The molecule has 14 heteroatoms. The molecule has 0 spiro atoms. The standard InChI is InChI=1S/C13H6Br2Cl4O6S2/c14-6-2-8(16)12(26(20,21)22)10(18)4(6)1-5-7(15)3-9(17)13(11(5)19)27(23,24)25/h2-3H,1H2,(H,20,21,22)(H,23,24,25). The van der Waals surface area contributed by atoms with E-state index in [-0.39, 0.29) is 46.6 Å². The molecule has 2 aromatic rings. The molecular weight excluding hydrogens is 618 g/mol. The summed E-state index contributed by atoms with van der Waals surface area (Å²) >= 11 is 30.3. The van der Waals surface area contributed by atoms with Crippen molar-refractivity contribution < 1.29 is 25.9 Å². The fourth-order valence-corrected chi connectivity index (χ4v) is 7.35. The van der Waals surface area contributed by atoms with E-state index in [0.29, 0.717) is 0 Å². The number of benzene rings is 2. The van der Waals surface area contributed by atoms with Crippen LogP contribution in [0, 0.1) is 0 Å². The highest BCUT2D eigenvalue weighted by Crippen LogP contribution is 2.42. The summed E-state index contributed by atoms with van der Waals surface area (Å²) in [7, 11) is -9.48. The Kier molecular flexibility index (Phi) is 7.23. The lowest BCUT2D eigenvalue weighted by atomic mass is 10.0. The first-order valence-electron chi connectivity index (χ1n) is 6.44. The highest BCUT2D eigenvalue weighted by atomic mass is 79.9. The molecular formula is C13H6Br2Cl4O6S2. The van der Waals surface area contributed by atoms with Gasteiger partial charge in [0, 0.05) is 15.4 Å². The molecule has 0 aromatic heterocycles. The summed E-state index contributed by atoms with van der Waals surface area (Å²) in [6.07, 6.45) is -0.196. The Bertz CT molecular complexity index is 1070. The van der Waals surface area contributed by atoms with Crippen molar-refractivity contribution >= 4 is 98.5 Å². The Morgan fingerprint density at radius 1 is 0.741 bits per heavy atom. The monoisotopic (exact) mass is 620 g/mol. The van der Waals surface area contributed by atoms with Gasteiger partial charge in [-0.1, -0.05) is 78.3 Å². The maximum absolute atomic E-state index is 11.6. The fraction of sp³-hybridized carbons (Fsp3) is 0.0769. The van der Waals surface area contributed by atoms with Crippen molar-refractivity contribution in [2.45, 2.75) is 16.2 Å². The molecule has 2 aromatic carbocycles. The lowest BCUT2D eigenvalue weighted by molar-refractivity contribution is 0.481. The maximum Gasteiger partial charge on any atom is 0.297 e. The lowest BCUT2D eigenvalue weighted by Crippen LogP contribution is -2.06. The first kappa shape index (κ1) is 23.7. The Balaban J connectivity index is 2.80. The van der Waals surface area contributed by atoms with Gasteiger partial charge in [-0.2, -0.15) is 16.8 Å². The molecule has 148 valence electrons. The van der Waals surface area contributed by atoms with Gasteiger partial charge < -0.3 is 0 Å². The fourth-order valence-electron chi connectivity index (χ4n) is 2.20. The molecule has 0 amide bonds. The maximum atomic E-state index is 11.6. The zero-order valence-electron chi connectivity index (χ0n) is 12.5. The molecule has 2 N–H and O–H groups in total. The van der Waals surface area contributed by atoms with Gasteiger partial charge in [-0.25, -0.2) is 0 Å². The zero-order chi connectivity index (χ0) is 20.9. The van der Waals surface area contributed by atoms with Gasteiger partial charge in [-0.05, 0) is 23.3 Å². The van der Waals surface area contributed by atoms with Crippen molar-refractivity contribution in [3.05, 3.63) is 52.3 Å². The third-order valence-electron chi connectivity index (χ3n) is 3.32. The third-order valence-corrected chi connectivity index (χ3v) is 8.49. The summed E-state index contributed by atoms with van der Waals surface area (Å²) in [5.41, 5.74) is 0.278. The Hall–Kier alpha value is 0.380. The van der Waals surface area contributed by atoms with Crippen LogP contribution in [0.4, 0.5) is 0 Å². The number of hydrogen-bond acceptors (Lipinski definition) is 4. The number of halogens is 6. The molecule has 0 radical (unpaired) electrons. The molecule has 2 rings (SSSR count). The summed E-state index contributed by atoms with van der Waals surface area (Å²) in [5.74, 6) is 0. The first-order valence-corrected chi connectivity index (χ1v) is 12.4. The van der Waals surface area contributed by atoms with Crippen LogP contribution in [-0.2, 0) is 26.7 Å². The molecule has 0 saturated carbocycles. The van der Waals surface area contributed by atoms with E-state index in [1.165, 1.54) is 12.1 Å². The first-order chi connectivity index (χ1) is 12.2. The molecule has 0 heterocycles. The molecule has 6 nitrogen and oxygen atoms in total. The smallest absolute Gasteiger partial charge is 0.282 e. The largest absolute Gasteiger partial charge is 0.297 e. The van der Waals surface area contributed by atoms with Gasteiger partial charge in [0.15, 0.2) is 0 Å². The molecule has 0 aliphatic heterocycles. The van der Waals surface area contributed by atoms with Crippen molar-refractivity contribution in [1.82, 2.24) is 0 Å². The van der Waals surface area contributed by atoms with E-state index in [2.05, 4.69) is 31.9 Å². The van der Waals surface area contributed by atoms with Crippen molar-refractivity contribution in [3.63, 3.8) is 0 Å². The van der Waals surface area contributed by atoms with Gasteiger partial charge in [0.2, 0.25) is 0 Å². The molecule has 0 aliphatic carbocycles. The second-order valence-corrected chi connectivity index (χ2v) is 11.0. The minimum absolute atomic E-state index is 0.139. The Labute approximate surface area is 191 Å². The van der Waals surface area contributed by atoms with Crippen LogP contribution in [0.3, 0.4) is 0 Å². The van der Waals surface area contributed by atoms with Crippen LogP contribution in [0.1, 0.15) is 11.1 Å². The molecule has 0 fully saturated rings. The van der Waals surface area contributed by atoms with E-state index >= 15 is 0 Å².